The molecule has 0 aliphatic heterocycles. The molecule has 5 heteroatoms. The van der Waals surface area contributed by atoms with Crippen molar-refractivity contribution in [3.05, 3.63) is 51.3 Å². The van der Waals surface area contributed by atoms with Gasteiger partial charge < -0.3 is 0 Å². The second kappa shape index (κ2) is 6.22. The Morgan fingerprint density at radius 3 is 2.68 bits per heavy atom. The van der Waals surface area contributed by atoms with Gasteiger partial charge in [0.05, 0.1) is 17.8 Å². The number of carbonyl (C=O) groups is 1. The lowest BCUT2D eigenvalue weighted by atomic mass is 10.2. The van der Waals surface area contributed by atoms with Gasteiger partial charge in [0.15, 0.2) is 6.29 Å². The largest absolute Gasteiger partial charge is 0.298 e. The van der Waals surface area contributed by atoms with Crippen LogP contribution in [0.4, 0.5) is 0 Å². The fourth-order valence-corrected chi connectivity index (χ4v) is 2.38. The molecule has 100 valence electrons. The van der Waals surface area contributed by atoms with E-state index in [0.717, 1.165) is 30.4 Å². The van der Waals surface area contributed by atoms with Gasteiger partial charge in [0.2, 0.25) is 0 Å². The molecule has 0 radical (unpaired) electrons. The van der Waals surface area contributed by atoms with Gasteiger partial charge in [0, 0.05) is 5.02 Å². The molecule has 2 aromatic rings. The van der Waals surface area contributed by atoms with E-state index in [1.165, 1.54) is 0 Å². The number of rotatable bonds is 5. The molecule has 0 unspecified atom stereocenters. The fourth-order valence-electron chi connectivity index (χ4n) is 1.93. The highest BCUT2D eigenvalue weighted by atomic mass is 35.5. The molecule has 0 aliphatic rings. The van der Waals surface area contributed by atoms with Gasteiger partial charge in [-0.1, -0.05) is 54.7 Å². The van der Waals surface area contributed by atoms with Gasteiger partial charge in [0.25, 0.3) is 0 Å². The number of aryl methyl sites for hydroxylation is 1. The van der Waals surface area contributed by atoms with E-state index >= 15 is 0 Å². The maximum Gasteiger partial charge on any atom is 0.155 e. The lowest BCUT2D eigenvalue weighted by Gasteiger charge is -2.05. The van der Waals surface area contributed by atoms with Crippen molar-refractivity contribution in [2.24, 2.45) is 0 Å². The molecular weight excluding hydrogens is 283 g/mol. The van der Waals surface area contributed by atoms with Crippen molar-refractivity contribution in [1.29, 1.82) is 0 Å². The van der Waals surface area contributed by atoms with Crippen molar-refractivity contribution < 1.29 is 4.79 Å². The first kappa shape index (κ1) is 14.1. The molecule has 0 N–H and O–H groups in total. The van der Waals surface area contributed by atoms with Crippen molar-refractivity contribution in [2.75, 3.05) is 0 Å². The Morgan fingerprint density at radius 2 is 2.05 bits per heavy atom. The first-order chi connectivity index (χ1) is 9.17. The molecule has 0 atom stereocenters. The van der Waals surface area contributed by atoms with E-state index in [2.05, 4.69) is 5.10 Å². The molecule has 1 aromatic heterocycles. The van der Waals surface area contributed by atoms with Crippen molar-refractivity contribution >= 4 is 29.5 Å². The minimum atomic E-state index is 0.373. The second-order valence-corrected chi connectivity index (χ2v) is 5.03. The van der Waals surface area contributed by atoms with Gasteiger partial charge in [-0.3, -0.25) is 4.79 Å². The standard InChI is InChI=1S/C14H14Cl2N2O/c1-2-5-13-11(9-19)14(16)18(17-13)8-10-6-3-4-7-12(10)15/h3-4,6-7,9H,2,5,8H2,1H3. The summed E-state index contributed by atoms with van der Waals surface area (Å²) in [5.41, 5.74) is 2.15. The zero-order valence-electron chi connectivity index (χ0n) is 10.6. The molecule has 0 saturated carbocycles. The SMILES string of the molecule is CCCc1nn(Cc2ccccc2Cl)c(Cl)c1C=O. The van der Waals surface area contributed by atoms with Crippen LogP contribution in [0.2, 0.25) is 10.2 Å². The fraction of sp³-hybridized carbons (Fsp3) is 0.286. The molecule has 0 saturated heterocycles. The van der Waals surface area contributed by atoms with Crippen LogP contribution < -0.4 is 0 Å². The van der Waals surface area contributed by atoms with Crippen molar-refractivity contribution in [1.82, 2.24) is 9.78 Å². The zero-order valence-corrected chi connectivity index (χ0v) is 12.1. The van der Waals surface area contributed by atoms with E-state index in [4.69, 9.17) is 23.2 Å². The summed E-state index contributed by atoms with van der Waals surface area (Å²) < 4.78 is 1.62. The van der Waals surface area contributed by atoms with Gasteiger partial charge in [-0.25, -0.2) is 4.68 Å². The van der Waals surface area contributed by atoms with Gasteiger partial charge in [-0.05, 0) is 18.1 Å². The number of carbonyl (C=O) groups excluding carboxylic acids is 1. The minimum absolute atomic E-state index is 0.373. The summed E-state index contributed by atoms with van der Waals surface area (Å²) >= 11 is 12.3. The molecule has 0 amide bonds. The Bertz CT molecular complexity index is 593. The van der Waals surface area contributed by atoms with Crippen LogP contribution in [0, 0.1) is 0 Å². The van der Waals surface area contributed by atoms with Gasteiger partial charge in [-0.15, -0.1) is 0 Å². The Labute approximate surface area is 122 Å². The average Bonchev–Trinajstić information content (AvgIpc) is 2.69. The summed E-state index contributed by atoms with van der Waals surface area (Å²) in [6, 6.07) is 7.52. The highest BCUT2D eigenvalue weighted by Gasteiger charge is 2.15. The number of hydrogen-bond donors (Lipinski definition) is 0. The van der Waals surface area contributed by atoms with Gasteiger partial charge in [-0.2, -0.15) is 5.10 Å². The minimum Gasteiger partial charge on any atom is -0.298 e. The number of nitrogens with zero attached hydrogens (tertiary/aromatic N) is 2. The Hall–Kier alpha value is -1.32. The number of aromatic nitrogens is 2. The average molecular weight is 297 g/mol. The molecule has 0 aliphatic carbocycles. The second-order valence-electron chi connectivity index (χ2n) is 4.27. The van der Waals surface area contributed by atoms with Crippen molar-refractivity contribution in [2.45, 2.75) is 26.3 Å². The third kappa shape index (κ3) is 2.99. The third-order valence-electron chi connectivity index (χ3n) is 2.88. The quantitative estimate of drug-likeness (QED) is 0.782. The summed E-state index contributed by atoms with van der Waals surface area (Å²) in [6.07, 6.45) is 2.42. The van der Waals surface area contributed by atoms with E-state index < -0.39 is 0 Å². The molecule has 3 nitrogen and oxygen atoms in total. The van der Waals surface area contributed by atoms with Crippen LogP contribution in [-0.4, -0.2) is 16.1 Å². The Morgan fingerprint density at radius 1 is 1.32 bits per heavy atom. The summed E-state index contributed by atoms with van der Waals surface area (Å²) in [5, 5.41) is 5.44. The molecule has 0 spiro atoms. The Balaban J connectivity index is 2.36. The van der Waals surface area contributed by atoms with Crippen LogP contribution in [-0.2, 0) is 13.0 Å². The molecule has 0 bridgehead atoms. The van der Waals surface area contributed by atoms with Crippen LogP contribution in [0.25, 0.3) is 0 Å². The summed E-state index contributed by atoms with van der Waals surface area (Å²) in [4.78, 5) is 11.1. The predicted octanol–water partition coefficient (Wildman–Crippen LogP) is 4.00. The molecule has 1 heterocycles. The number of halogens is 2. The summed E-state index contributed by atoms with van der Waals surface area (Å²) in [5.74, 6) is 0. The van der Waals surface area contributed by atoms with E-state index in [-0.39, 0.29) is 0 Å². The molecular formula is C14H14Cl2N2O. The van der Waals surface area contributed by atoms with Crippen LogP contribution in [0.5, 0.6) is 0 Å². The first-order valence-corrected chi connectivity index (χ1v) is 6.86. The summed E-state index contributed by atoms with van der Waals surface area (Å²) in [6.45, 7) is 2.50. The van der Waals surface area contributed by atoms with Crippen LogP contribution in [0.3, 0.4) is 0 Å². The number of benzene rings is 1. The Kier molecular flexibility index (Phi) is 4.61. The van der Waals surface area contributed by atoms with Gasteiger partial charge >= 0.3 is 0 Å². The van der Waals surface area contributed by atoms with Crippen molar-refractivity contribution in [3.8, 4) is 0 Å². The van der Waals surface area contributed by atoms with Crippen LogP contribution in [0.1, 0.15) is 35.0 Å². The maximum atomic E-state index is 11.1. The zero-order chi connectivity index (χ0) is 13.8. The molecule has 19 heavy (non-hydrogen) atoms. The molecule has 2 rings (SSSR count). The normalized spacial score (nSPS) is 10.7. The van der Waals surface area contributed by atoms with E-state index in [9.17, 15) is 4.79 Å². The predicted molar refractivity (Wildman–Crippen MR) is 77.2 cm³/mol. The number of aldehydes is 1. The third-order valence-corrected chi connectivity index (χ3v) is 3.65. The monoisotopic (exact) mass is 296 g/mol. The lowest BCUT2D eigenvalue weighted by Crippen LogP contribution is -2.03. The maximum absolute atomic E-state index is 11.1. The highest BCUT2D eigenvalue weighted by Crippen LogP contribution is 2.23. The smallest absolute Gasteiger partial charge is 0.155 e. The summed E-state index contributed by atoms with van der Waals surface area (Å²) in [7, 11) is 0. The first-order valence-electron chi connectivity index (χ1n) is 6.11. The van der Waals surface area contributed by atoms with Gasteiger partial charge in [0.1, 0.15) is 5.15 Å². The topological polar surface area (TPSA) is 34.9 Å². The van der Waals surface area contributed by atoms with Crippen LogP contribution >= 0.6 is 23.2 Å². The van der Waals surface area contributed by atoms with E-state index in [1.54, 1.807) is 4.68 Å². The van der Waals surface area contributed by atoms with E-state index in [1.807, 2.05) is 31.2 Å². The van der Waals surface area contributed by atoms with Crippen molar-refractivity contribution in [3.63, 3.8) is 0 Å². The highest BCUT2D eigenvalue weighted by molar-refractivity contribution is 6.32. The molecule has 1 aromatic carbocycles. The molecule has 0 fully saturated rings. The van der Waals surface area contributed by atoms with Crippen LogP contribution in [0.15, 0.2) is 24.3 Å². The lowest BCUT2D eigenvalue weighted by molar-refractivity contribution is 0.112. The van der Waals surface area contributed by atoms with E-state index in [0.29, 0.717) is 22.3 Å². The number of hydrogen-bond acceptors (Lipinski definition) is 2.